The number of benzene rings is 1. The second kappa shape index (κ2) is 6.61. The molecule has 0 spiro atoms. The van der Waals surface area contributed by atoms with Gasteiger partial charge in [-0.1, -0.05) is 38.5 Å². The Morgan fingerprint density at radius 2 is 2.10 bits per heavy atom. The molecule has 3 nitrogen and oxygen atoms in total. The van der Waals surface area contributed by atoms with Gasteiger partial charge in [0, 0.05) is 11.2 Å². The molecule has 3 heteroatoms. The highest BCUT2D eigenvalue weighted by Crippen LogP contribution is 2.42. The Morgan fingerprint density at radius 1 is 1.38 bits per heavy atom. The number of para-hydroxylation sites is 1. The van der Waals surface area contributed by atoms with E-state index in [1.807, 2.05) is 11.0 Å². The van der Waals surface area contributed by atoms with Crippen LogP contribution < -0.4 is 10.2 Å². The summed E-state index contributed by atoms with van der Waals surface area (Å²) < 4.78 is 0. The standard InChI is InChI=1S/C18H28N2O/c1-5-6-11-19-13-17(21)20-16-10-8-7-9-15(16)14(2)12-18(20,3)4/h7-10,14,19H,5-6,11-13H2,1-4H3. The maximum Gasteiger partial charge on any atom is 0.241 e. The molecule has 1 N–H and O–H groups in total. The summed E-state index contributed by atoms with van der Waals surface area (Å²) in [6, 6.07) is 8.32. The molecule has 1 aliphatic heterocycles. The molecule has 1 unspecified atom stereocenters. The van der Waals surface area contributed by atoms with Crippen molar-refractivity contribution >= 4 is 11.6 Å². The Labute approximate surface area is 128 Å². The number of carbonyl (C=O) groups is 1. The number of unbranched alkanes of at least 4 members (excludes halogenated alkanes) is 1. The van der Waals surface area contributed by atoms with E-state index in [1.165, 1.54) is 5.56 Å². The van der Waals surface area contributed by atoms with Crippen molar-refractivity contribution in [3.8, 4) is 0 Å². The van der Waals surface area contributed by atoms with Gasteiger partial charge in [-0.25, -0.2) is 0 Å². The fourth-order valence-electron chi connectivity index (χ4n) is 3.43. The number of amides is 1. The van der Waals surface area contributed by atoms with Crippen LogP contribution in [-0.4, -0.2) is 24.5 Å². The molecule has 1 heterocycles. The Bertz CT molecular complexity index is 496. The zero-order valence-corrected chi connectivity index (χ0v) is 13.8. The summed E-state index contributed by atoms with van der Waals surface area (Å²) in [7, 11) is 0. The van der Waals surface area contributed by atoms with Crippen LogP contribution in [-0.2, 0) is 4.79 Å². The summed E-state index contributed by atoms with van der Waals surface area (Å²) in [5.74, 6) is 0.670. The monoisotopic (exact) mass is 288 g/mol. The van der Waals surface area contributed by atoms with Gasteiger partial charge < -0.3 is 10.2 Å². The summed E-state index contributed by atoms with van der Waals surface area (Å²) in [5.41, 5.74) is 2.25. The summed E-state index contributed by atoms with van der Waals surface area (Å²) >= 11 is 0. The van der Waals surface area contributed by atoms with E-state index in [0.29, 0.717) is 12.5 Å². The van der Waals surface area contributed by atoms with Crippen LogP contribution in [0, 0.1) is 0 Å². The minimum absolute atomic E-state index is 0.128. The third-order valence-corrected chi connectivity index (χ3v) is 4.35. The van der Waals surface area contributed by atoms with Gasteiger partial charge in [-0.05, 0) is 50.8 Å². The van der Waals surface area contributed by atoms with Crippen LogP contribution in [0.4, 0.5) is 5.69 Å². The van der Waals surface area contributed by atoms with E-state index in [1.54, 1.807) is 0 Å². The lowest BCUT2D eigenvalue weighted by atomic mass is 9.80. The van der Waals surface area contributed by atoms with Crippen molar-refractivity contribution in [2.75, 3.05) is 18.0 Å². The number of hydrogen-bond acceptors (Lipinski definition) is 2. The second-order valence-corrected chi connectivity index (χ2v) is 6.74. The van der Waals surface area contributed by atoms with E-state index >= 15 is 0 Å². The number of anilines is 1. The first-order chi connectivity index (χ1) is 9.97. The van der Waals surface area contributed by atoms with E-state index in [0.717, 1.165) is 31.5 Å². The van der Waals surface area contributed by atoms with Crippen LogP contribution in [0.3, 0.4) is 0 Å². The van der Waals surface area contributed by atoms with Crippen molar-refractivity contribution in [3.63, 3.8) is 0 Å². The molecule has 0 saturated heterocycles. The second-order valence-electron chi connectivity index (χ2n) is 6.74. The number of fused-ring (bicyclic) bond motifs is 1. The highest BCUT2D eigenvalue weighted by atomic mass is 16.2. The minimum atomic E-state index is -0.128. The van der Waals surface area contributed by atoms with Crippen LogP contribution in [0.25, 0.3) is 0 Å². The van der Waals surface area contributed by atoms with E-state index in [-0.39, 0.29) is 11.4 Å². The number of hydrogen-bond donors (Lipinski definition) is 1. The maximum absolute atomic E-state index is 12.7. The highest BCUT2D eigenvalue weighted by molar-refractivity contribution is 5.97. The molecular weight excluding hydrogens is 260 g/mol. The lowest BCUT2D eigenvalue weighted by Gasteiger charge is -2.46. The molecule has 1 atom stereocenters. The van der Waals surface area contributed by atoms with Crippen molar-refractivity contribution in [1.29, 1.82) is 0 Å². The summed E-state index contributed by atoms with van der Waals surface area (Å²) in [6.45, 7) is 10.1. The molecule has 1 amide bonds. The molecule has 0 bridgehead atoms. The van der Waals surface area contributed by atoms with Gasteiger partial charge in [0.25, 0.3) is 0 Å². The smallest absolute Gasteiger partial charge is 0.241 e. The zero-order valence-electron chi connectivity index (χ0n) is 13.8. The van der Waals surface area contributed by atoms with Crippen LogP contribution in [0.2, 0.25) is 0 Å². The minimum Gasteiger partial charge on any atom is -0.308 e. The molecule has 1 aromatic rings. The third kappa shape index (κ3) is 3.46. The number of nitrogens with one attached hydrogen (secondary N) is 1. The maximum atomic E-state index is 12.7. The largest absolute Gasteiger partial charge is 0.308 e. The molecule has 0 fully saturated rings. The molecule has 2 rings (SSSR count). The molecule has 0 saturated carbocycles. The van der Waals surface area contributed by atoms with Crippen molar-refractivity contribution < 1.29 is 4.79 Å². The normalized spacial score (nSPS) is 20.2. The summed E-state index contributed by atoms with van der Waals surface area (Å²) in [5, 5.41) is 3.27. The fraction of sp³-hybridized carbons (Fsp3) is 0.611. The van der Waals surface area contributed by atoms with Crippen LogP contribution in [0.15, 0.2) is 24.3 Å². The quantitative estimate of drug-likeness (QED) is 0.838. The Hall–Kier alpha value is -1.35. The number of nitrogens with zero attached hydrogens (tertiary/aromatic N) is 1. The van der Waals surface area contributed by atoms with E-state index < -0.39 is 0 Å². The van der Waals surface area contributed by atoms with Gasteiger partial charge in [-0.15, -0.1) is 0 Å². The van der Waals surface area contributed by atoms with Gasteiger partial charge in [0.05, 0.1) is 6.54 Å². The molecule has 0 aromatic heterocycles. The van der Waals surface area contributed by atoms with Gasteiger partial charge in [-0.2, -0.15) is 0 Å². The first-order valence-corrected chi connectivity index (χ1v) is 8.10. The topological polar surface area (TPSA) is 32.3 Å². The predicted octanol–water partition coefficient (Wildman–Crippen LogP) is 3.70. The van der Waals surface area contributed by atoms with Gasteiger partial charge >= 0.3 is 0 Å². The van der Waals surface area contributed by atoms with Gasteiger partial charge in [0.15, 0.2) is 0 Å². The van der Waals surface area contributed by atoms with Crippen molar-refractivity contribution in [2.45, 2.75) is 58.4 Å². The predicted molar refractivity (Wildman–Crippen MR) is 88.8 cm³/mol. The van der Waals surface area contributed by atoms with E-state index in [4.69, 9.17) is 0 Å². The fourth-order valence-corrected chi connectivity index (χ4v) is 3.43. The Morgan fingerprint density at radius 3 is 2.81 bits per heavy atom. The Balaban J connectivity index is 2.19. The van der Waals surface area contributed by atoms with Crippen LogP contribution >= 0.6 is 0 Å². The van der Waals surface area contributed by atoms with Crippen LogP contribution in [0.1, 0.15) is 58.4 Å². The molecule has 1 aliphatic rings. The van der Waals surface area contributed by atoms with Gasteiger partial charge in [-0.3, -0.25) is 4.79 Å². The van der Waals surface area contributed by atoms with Gasteiger partial charge in [0.2, 0.25) is 5.91 Å². The van der Waals surface area contributed by atoms with Crippen molar-refractivity contribution in [2.24, 2.45) is 0 Å². The molecule has 0 aliphatic carbocycles. The Kier molecular flexibility index (Phi) is 5.04. The molecule has 1 aromatic carbocycles. The van der Waals surface area contributed by atoms with E-state index in [9.17, 15) is 4.79 Å². The van der Waals surface area contributed by atoms with Crippen LogP contribution in [0.5, 0.6) is 0 Å². The van der Waals surface area contributed by atoms with Crippen molar-refractivity contribution in [1.82, 2.24) is 5.32 Å². The van der Waals surface area contributed by atoms with Gasteiger partial charge in [0.1, 0.15) is 0 Å². The van der Waals surface area contributed by atoms with E-state index in [2.05, 4.69) is 51.2 Å². The zero-order chi connectivity index (χ0) is 15.5. The lowest BCUT2D eigenvalue weighted by Crippen LogP contribution is -2.54. The SMILES string of the molecule is CCCCNCC(=O)N1c2ccccc2C(C)CC1(C)C. The highest BCUT2D eigenvalue weighted by Gasteiger charge is 2.39. The van der Waals surface area contributed by atoms with Crippen molar-refractivity contribution in [3.05, 3.63) is 29.8 Å². The molecule has 116 valence electrons. The summed E-state index contributed by atoms with van der Waals surface area (Å²) in [4.78, 5) is 14.7. The average molecular weight is 288 g/mol. The molecule has 0 radical (unpaired) electrons. The average Bonchev–Trinajstić information content (AvgIpc) is 2.42. The molecular formula is C18H28N2O. The first kappa shape index (κ1) is 16.0. The third-order valence-electron chi connectivity index (χ3n) is 4.35. The number of carbonyl (C=O) groups excluding carboxylic acids is 1. The first-order valence-electron chi connectivity index (χ1n) is 8.10. The number of rotatable bonds is 5. The summed E-state index contributed by atoms with van der Waals surface area (Å²) in [6.07, 6.45) is 3.27. The lowest BCUT2D eigenvalue weighted by molar-refractivity contribution is -0.119. The molecule has 21 heavy (non-hydrogen) atoms.